The van der Waals surface area contributed by atoms with Gasteiger partial charge in [0.05, 0.1) is 38.1 Å². The lowest BCUT2D eigenvalue weighted by Crippen LogP contribution is -2.41. The molecule has 6 nitrogen and oxygen atoms in total. The first-order valence-corrected chi connectivity index (χ1v) is 16.0. The molecule has 0 N–H and O–H groups in total. The lowest BCUT2D eigenvalue weighted by molar-refractivity contribution is 0.00578. The molecular weight excluding hydrogens is 678 g/mol. The van der Waals surface area contributed by atoms with E-state index in [0.717, 1.165) is 0 Å². The van der Waals surface area contributed by atoms with Crippen molar-refractivity contribution in [3.8, 4) is 0 Å². The number of halogens is 5. The van der Waals surface area contributed by atoms with Crippen LogP contribution in [-0.2, 0) is 27.9 Å². The molecule has 3 fully saturated rings. The van der Waals surface area contributed by atoms with Crippen molar-refractivity contribution in [2.24, 2.45) is 0 Å². The van der Waals surface area contributed by atoms with Crippen molar-refractivity contribution in [3.63, 3.8) is 0 Å². The van der Waals surface area contributed by atoms with Crippen LogP contribution in [-0.4, -0.2) is 54.7 Å². The molecule has 3 aliphatic rings. The first kappa shape index (κ1) is 37.8. The SMILES string of the molecule is CC1(C)OB(B2OC(C)(C)C(C)(C)O2)OC1(C)C.CC1(C)OB(c2cc(Cl)ccc2F)OC1(C)C.Fc1ccc(Cl)cc1Br. The van der Waals surface area contributed by atoms with Gasteiger partial charge in [-0.3, -0.25) is 0 Å². The first-order valence-electron chi connectivity index (χ1n) is 14.4. The number of benzene rings is 2. The zero-order chi connectivity index (χ0) is 33.7. The Balaban J connectivity index is 0.000000190. The summed E-state index contributed by atoms with van der Waals surface area (Å²) in [6.07, 6.45) is 0. The van der Waals surface area contributed by atoms with Crippen LogP contribution in [0.15, 0.2) is 40.9 Å². The first-order chi connectivity index (χ1) is 19.8. The van der Waals surface area contributed by atoms with Crippen molar-refractivity contribution < 1.29 is 36.7 Å². The lowest BCUT2D eigenvalue weighted by atomic mass is 9.49. The highest BCUT2D eigenvalue weighted by Crippen LogP contribution is 2.43. The Morgan fingerprint density at radius 3 is 1.18 bits per heavy atom. The van der Waals surface area contributed by atoms with Gasteiger partial charge in [0.25, 0.3) is 0 Å². The molecule has 0 bridgehead atoms. The minimum atomic E-state index is -0.710. The van der Waals surface area contributed by atoms with E-state index >= 15 is 0 Å². The molecule has 0 saturated carbocycles. The summed E-state index contributed by atoms with van der Waals surface area (Å²) in [5.41, 5.74) is -2.06. The maximum atomic E-state index is 13.7. The molecule has 242 valence electrons. The summed E-state index contributed by atoms with van der Waals surface area (Å²) in [5, 5.41) is 0.999. The number of hydrogen-bond acceptors (Lipinski definition) is 6. The fourth-order valence-electron chi connectivity index (χ4n) is 4.14. The Hall–Kier alpha value is -0.685. The monoisotopic (exact) mass is 718 g/mol. The van der Waals surface area contributed by atoms with Gasteiger partial charge in [0, 0.05) is 15.5 Å². The van der Waals surface area contributed by atoms with Gasteiger partial charge in [-0.1, -0.05) is 23.2 Å². The number of hydrogen-bond donors (Lipinski definition) is 0. The molecule has 0 atom stereocenters. The third kappa shape index (κ3) is 8.23. The molecule has 0 radical (unpaired) electrons. The molecule has 3 saturated heterocycles. The van der Waals surface area contributed by atoms with Crippen LogP contribution in [0.5, 0.6) is 0 Å². The van der Waals surface area contributed by atoms with Gasteiger partial charge in [0.2, 0.25) is 0 Å². The molecule has 0 spiro atoms. The van der Waals surface area contributed by atoms with E-state index in [0.29, 0.717) is 20.0 Å². The molecule has 14 heteroatoms. The Bertz CT molecular complexity index is 1260. The van der Waals surface area contributed by atoms with E-state index < -0.39 is 32.3 Å². The quantitative estimate of drug-likeness (QED) is 0.230. The van der Waals surface area contributed by atoms with E-state index in [1.807, 2.05) is 83.1 Å². The van der Waals surface area contributed by atoms with E-state index in [1.54, 1.807) is 6.07 Å². The highest BCUT2D eigenvalue weighted by Gasteiger charge is 2.63. The molecule has 3 aliphatic heterocycles. The Morgan fingerprint density at radius 1 is 0.523 bits per heavy atom. The van der Waals surface area contributed by atoms with Crippen LogP contribution in [0.3, 0.4) is 0 Å². The normalized spacial score (nSPS) is 23.5. The largest absolute Gasteiger partial charge is 0.497 e. The molecule has 0 amide bonds. The maximum absolute atomic E-state index is 13.7. The summed E-state index contributed by atoms with van der Waals surface area (Å²) >= 11 is 14.4. The summed E-state index contributed by atoms with van der Waals surface area (Å²) in [6.45, 7) is 23.9. The van der Waals surface area contributed by atoms with Crippen LogP contribution in [0.1, 0.15) is 83.1 Å². The highest BCUT2D eigenvalue weighted by atomic mass is 79.9. The highest BCUT2D eigenvalue weighted by molar-refractivity contribution is 9.10. The minimum absolute atomic E-state index is 0.292. The summed E-state index contributed by atoms with van der Waals surface area (Å²) < 4.78 is 61.9. The lowest BCUT2D eigenvalue weighted by Gasteiger charge is -2.32. The van der Waals surface area contributed by atoms with Crippen molar-refractivity contribution in [2.75, 3.05) is 0 Å². The smallest absolute Gasteiger partial charge is 0.405 e. The van der Waals surface area contributed by atoms with Crippen molar-refractivity contribution in [1.82, 2.24) is 0 Å². The Morgan fingerprint density at radius 2 is 0.841 bits per heavy atom. The number of rotatable bonds is 2. The van der Waals surface area contributed by atoms with E-state index in [9.17, 15) is 8.78 Å². The summed E-state index contributed by atoms with van der Waals surface area (Å²) in [4.78, 5) is 0. The maximum Gasteiger partial charge on any atom is 0.497 e. The van der Waals surface area contributed by atoms with Crippen molar-refractivity contribution in [1.29, 1.82) is 0 Å². The van der Waals surface area contributed by atoms with Gasteiger partial charge in [-0.05, 0) is 135 Å². The van der Waals surface area contributed by atoms with Gasteiger partial charge < -0.3 is 27.9 Å². The van der Waals surface area contributed by atoms with Gasteiger partial charge in [-0.2, -0.15) is 0 Å². The molecular formula is C30H42B3BrCl2F2O6. The molecule has 0 aromatic heterocycles. The van der Waals surface area contributed by atoms with Gasteiger partial charge in [0.15, 0.2) is 0 Å². The van der Waals surface area contributed by atoms with Crippen LogP contribution in [0.2, 0.25) is 10.0 Å². The van der Waals surface area contributed by atoms with Gasteiger partial charge in [-0.15, -0.1) is 0 Å². The van der Waals surface area contributed by atoms with E-state index in [-0.39, 0.29) is 34.0 Å². The zero-order valence-corrected chi connectivity index (χ0v) is 30.6. The fraction of sp³-hybridized carbons (Fsp3) is 0.600. The van der Waals surface area contributed by atoms with E-state index in [2.05, 4.69) is 15.9 Å². The molecule has 0 unspecified atom stereocenters. The average molecular weight is 720 g/mol. The molecule has 2 aromatic carbocycles. The summed E-state index contributed by atoms with van der Waals surface area (Å²) in [7, 11) is -1.66. The third-order valence-electron chi connectivity index (χ3n) is 9.11. The van der Waals surface area contributed by atoms with Crippen molar-refractivity contribution in [3.05, 3.63) is 62.6 Å². The van der Waals surface area contributed by atoms with E-state index in [4.69, 9.17) is 51.1 Å². The van der Waals surface area contributed by atoms with Crippen LogP contribution < -0.4 is 5.46 Å². The molecule has 2 aromatic rings. The second-order valence-corrected chi connectivity index (χ2v) is 15.8. The summed E-state index contributed by atoms with van der Waals surface area (Å²) in [6, 6.07) is 8.69. The van der Waals surface area contributed by atoms with Crippen LogP contribution in [0.25, 0.3) is 0 Å². The third-order valence-corrected chi connectivity index (χ3v) is 10.2. The standard InChI is InChI=1S/C12H24B2O4.C12H15BClFO2.C6H3BrClF/c1-9(2)10(3,4)16-13(15-9)14-17-11(5,6)12(7,8)18-14;1-11(2)12(3,4)17-13(16-11)9-7-8(14)5-6-10(9)15;7-5-3-4(8)1-2-6(5)9/h1-8H3;5-7H,1-4H3;1-3H. The van der Waals surface area contributed by atoms with Crippen LogP contribution in [0, 0.1) is 11.6 Å². The van der Waals surface area contributed by atoms with E-state index in [1.165, 1.54) is 30.3 Å². The predicted octanol–water partition coefficient (Wildman–Crippen LogP) is 8.27. The Labute approximate surface area is 280 Å². The molecule has 3 heterocycles. The minimum Gasteiger partial charge on any atom is -0.405 e. The topological polar surface area (TPSA) is 55.4 Å². The van der Waals surface area contributed by atoms with Crippen LogP contribution >= 0.6 is 39.1 Å². The Kier molecular flexibility index (Phi) is 11.2. The second kappa shape index (κ2) is 13.1. The second-order valence-electron chi connectivity index (χ2n) is 14.1. The average Bonchev–Trinajstić information content (AvgIpc) is 3.32. The molecule has 44 heavy (non-hydrogen) atoms. The summed E-state index contributed by atoms with van der Waals surface area (Å²) in [5.74, 6) is -0.660. The zero-order valence-electron chi connectivity index (χ0n) is 27.5. The van der Waals surface area contributed by atoms with Crippen molar-refractivity contribution >= 4 is 65.7 Å². The van der Waals surface area contributed by atoms with Gasteiger partial charge >= 0.3 is 21.1 Å². The van der Waals surface area contributed by atoms with Crippen molar-refractivity contribution in [2.45, 2.75) is 117 Å². The fourth-order valence-corrected chi connectivity index (χ4v) is 5.00. The van der Waals surface area contributed by atoms with Gasteiger partial charge in [-0.25, -0.2) is 8.78 Å². The molecule has 0 aliphatic carbocycles. The van der Waals surface area contributed by atoms with Gasteiger partial charge in [0.1, 0.15) is 11.6 Å². The predicted molar refractivity (Wildman–Crippen MR) is 178 cm³/mol. The van der Waals surface area contributed by atoms with Crippen LogP contribution in [0.4, 0.5) is 8.78 Å². The molecule has 5 rings (SSSR count).